The lowest BCUT2D eigenvalue weighted by Crippen LogP contribution is -2.02. The van der Waals surface area contributed by atoms with Gasteiger partial charge < -0.3 is 10.3 Å². The molecule has 0 saturated carbocycles. The van der Waals surface area contributed by atoms with Crippen LogP contribution in [0.4, 0.5) is 0 Å². The number of unbranched alkanes of at least 4 members (excludes halogenated alkanes) is 1. The summed E-state index contributed by atoms with van der Waals surface area (Å²) in [6.07, 6.45) is 7.31. The van der Waals surface area contributed by atoms with Crippen LogP contribution in [0.3, 0.4) is 0 Å². The summed E-state index contributed by atoms with van der Waals surface area (Å²) in [4.78, 5) is 4.24. The van der Waals surface area contributed by atoms with Gasteiger partial charge in [0.2, 0.25) is 0 Å². The summed E-state index contributed by atoms with van der Waals surface area (Å²) in [5.41, 5.74) is 6.53. The van der Waals surface area contributed by atoms with E-state index in [1.165, 1.54) is 12.8 Å². The summed E-state index contributed by atoms with van der Waals surface area (Å²) in [5, 5.41) is 0. The Morgan fingerprint density at radius 3 is 3.08 bits per heavy atom. The van der Waals surface area contributed by atoms with Gasteiger partial charge in [0.1, 0.15) is 0 Å². The molecule has 3 nitrogen and oxygen atoms in total. The van der Waals surface area contributed by atoms with Gasteiger partial charge in [-0.3, -0.25) is 0 Å². The predicted molar refractivity (Wildman–Crippen MR) is 49.9 cm³/mol. The van der Waals surface area contributed by atoms with E-state index in [4.69, 9.17) is 5.73 Å². The van der Waals surface area contributed by atoms with Gasteiger partial charge in [0.25, 0.3) is 0 Å². The fourth-order valence-electron chi connectivity index (χ4n) is 1.15. The van der Waals surface area contributed by atoms with Crippen molar-refractivity contribution in [3.8, 4) is 0 Å². The van der Waals surface area contributed by atoms with Crippen LogP contribution < -0.4 is 5.73 Å². The van der Waals surface area contributed by atoms with Crippen molar-refractivity contribution >= 4 is 0 Å². The molecule has 0 amide bonds. The Bertz CT molecular complexity index is 217. The third-order valence-corrected chi connectivity index (χ3v) is 1.86. The second-order valence-electron chi connectivity index (χ2n) is 3.00. The summed E-state index contributed by atoms with van der Waals surface area (Å²) in [5.74, 6) is 0. The molecule has 1 aromatic rings. The number of aryl methyl sites for hydroxylation is 1. The Morgan fingerprint density at radius 2 is 2.42 bits per heavy atom. The van der Waals surface area contributed by atoms with Crippen molar-refractivity contribution < 1.29 is 0 Å². The van der Waals surface area contributed by atoms with Gasteiger partial charge in [-0.1, -0.05) is 13.3 Å². The van der Waals surface area contributed by atoms with Crippen LogP contribution >= 0.6 is 0 Å². The second-order valence-corrected chi connectivity index (χ2v) is 3.00. The molecule has 0 atom stereocenters. The molecule has 1 rings (SSSR count). The summed E-state index contributed by atoms with van der Waals surface area (Å²) < 4.78 is 2.13. The number of imidazole rings is 1. The Balaban J connectivity index is 2.41. The minimum atomic E-state index is 0.685. The zero-order chi connectivity index (χ0) is 8.81. The molecule has 0 fully saturated rings. The normalized spacial score (nSPS) is 10.5. The zero-order valence-electron chi connectivity index (χ0n) is 7.66. The predicted octanol–water partition coefficient (Wildman–Crippen LogP) is 1.18. The molecule has 0 aliphatic carbocycles. The highest BCUT2D eigenvalue weighted by atomic mass is 15.0. The van der Waals surface area contributed by atoms with Gasteiger partial charge in [-0.15, -0.1) is 0 Å². The molecule has 0 aliphatic heterocycles. The van der Waals surface area contributed by atoms with Crippen molar-refractivity contribution in [3.63, 3.8) is 0 Å². The molecule has 0 aromatic carbocycles. The largest absolute Gasteiger partial charge is 0.337 e. The Labute approximate surface area is 73.6 Å². The van der Waals surface area contributed by atoms with Gasteiger partial charge in [0, 0.05) is 19.2 Å². The van der Waals surface area contributed by atoms with Crippen LogP contribution in [-0.2, 0) is 13.0 Å². The van der Waals surface area contributed by atoms with Gasteiger partial charge in [-0.05, 0) is 13.0 Å². The maximum atomic E-state index is 5.42. The third-order valence-electron chi connectivity index (χ3n) is 1.86. The van der Waals surface area contributed by atoms with Crippen molar-refractivity contribution in [1.82, 2.24) is 9.55 Å². The van der Waals surface area contributed by atoms with Crippen molar-refractivity contribution in [3.05, 3.63) is 18.2 Å². The molecule has 0 radical (unpaired) electrons. The maximum absolute atomic E-state index is 5.42. The lowest BCUT2D eigenvalue weighted by Gasteiger charge is -1.97. The second kappa shape index (κ2) is 4.93. The molecule has 0 bridgehead atoms. The van der Waals surface area contributed by atoms with Crippen LogP contribution in [0.1, 0.15) is 25.5 Å². The number of aromatic nitrogens is 2. The third kappa shape index (κ3) is 2.66. The van der Waals surface area contributed by atoms with E-state index in [0.717, 1.165) is 18.7 Å². The van der Waals surface area contributed by atoms with Gasteiger partial charge in [0.15, 0.2) is 0 Å². The number of hydrogen-bond donors (Lipinski definition) is 1. The molecule has 0 aliphatic rings. The van der Waals surface area contributed by atoms with Crippen LogP contribution in [0.15, 0.2) is 12.5 Å². The van der Waals surface area contributed by atoms with Gasteiger partial charge in [-0.2, -0.15) is 0 Å². The summed E-state index contributed by atoms with van der Waals surface area (Å²) in [6, 6.07) is 0. The monoisotopic (exact) mass is 167 g/mol. The number of hydrogen-bond acceptors (Lipinski definition) is 2. The molecule has 0 spiro atoms. The van der Waals surface area contributed by atoms with E-state index >= 15 is 0 Å². The highest BCUT2D eigenvalue weighted by molar-refractivity contribution is 4.96. The van der Waals surface area contributed by atoms with Crippen molar-refractivity contribution in [2.45, 2.75) is 32.7 Å². The van der Waals surface area contributed by atoms with Gasteiger partial charge in [0.05, 0.1) is 12.0 Å². The van der Waals surface area contributed by atoms with Crippen LogP contribution in [0.5, 0.6) is 0 Å². The molecule has 3 heteroatoms. The van der Waals surface area contributed by atoms with E-state index in [1.54, 1.807) is 0 Å². The Kier molecular flexibility index (Phi) is 3.80. The highest BCUT2D eigenvalue weighted by Crippen LogP contribution is 1.99. The summed E-state index contributed by atoms with van der Waals surface area (Å²) in [7, 11) is 0. The Hall–Kier alpha value is -0.830. The van der Waals surface area contributed by atoms with Gasteiger partial charge >= 0.3 is 0 Å². The number of rotatable bonds is 5. The molecular weight excluding hydrogens is 150 g/mol. The molecule has 1 heterocycles. The molecule has 68 valence electrons. The van der Waals surface area contributed by atoms with E-state index < -0.39 is 0 Å². The molecule has 0 saturated heterocycles. The van der Waals surface area contributed by atoms with E-state index in [-0.39, 0.29) is 0 Å². The SMILES string of the molecule is CCCCn1cnc(CCN)c1. The van der Waals surface area contributed by atoms with Crippen LogP contribution in [0.25, 0.3) is 0 Å². The van der Waals surface area contributed by atoms with Crippen LogP contribution in [0.2, 0.25) is 0 Å². The lowest BCUT2D eigenvalue weighted by molar-refractivity contribution is 0.631. The van der Waals surface area contributed by atoms with E-state index in [1.807, 2.05) is 6.33 Å². The standard InChI is InChI=1S/C9H17N3/c1-2-3-6-12-7-9(4-5-10)11-8-12/h7-8H,2-6,10H2,1H3. The van der Waals surface area contributed by atoms with Crippen molar-refractivity contribution in [2.24, 2.45) is 5.73 Å². The smallest absolute Gasteiger partial charge is 0.0949 e. The molecular formula is C9H17N3. The lowest BCUT2D eigenvalue weighted by atomic mass is 10.3. The fraction of sp³-hybridized carbons (Fsp3) is 0.667. The molecule has 2 N–H and O–H groups in total. The molecule has 1 aromatic heterocycles. The topological polar surface area (TPSA) is 43.8 Å². The maximum Gasteiger partial charge on any atom is 0.0949 e. The summed E-state index contributed by atoms with van der Waals surface area (Å²) >= 11 is 0. The van der Waals surface area contributed by atoms with Crippen molar-refractivity contribution in [2.75, 3.05) is 6.54 Å². The van der Waals surface area contributed by atoms with Crippen LogP contribution in [-0.4, -0.2) is 16.1 Å². The quantitative estimate of drug-likeness (QED) is 0.715. The van der Waals surface area contributed by atoms with Crippen LogP contribution in [0, 0.1) is 0 Å². The molecule has 0 unspecified atom stereocenters. The first kappa shape index (κ1) is 9.26. The minimum absolute atomic E-state index is 0.685. The first-order chi connectivity index (χ1) is 5.86. The first-order valence-corrected chi connectivity index (χ1v) is 4.57. The minimum Gasteiger partial charge on any atom is -0.337 e. The zero-order valence-corrected chi connectivity index (χ0v) is 7.66. The average Bonchev–Trinajstić information content (AvgIpc) is 2.50. The number of nitrogens with zero attached hydrogens (tertiary/aromatic N) is 2. The van der Waals surface area contributed by atoms with E-state index in [0.29, 0.717) is 6.54 Å². The molecule has 12 heavy (non-hydrogen) atoms. The van der Waals surface area contributed by atoms with E-state index in [9.17, 15) is 0 Å². The first-order valence-electron chi connectivity index (χ1n) is 4.57. The Morgan fingerprint density at radius 1 is 1.58 bits per heavy atom. The summed E-state index contributed by atoms with van der Waals surface area (Å²) in [6.45, 7) is 3.95. The van der Waals surface area contributed by atoms with E-state index in [2.05, 4.69) is 22.7 Å². The average molecular weight is 167 g/mol. The highest BCUT2D eigenvalue weighted by Gasteiger charge is 1.95. The fourth-order valence-corrected chi connectivity index (χ4v) is 1.15. The van der Waals surface area contributed by atoms with Gasteiger partial charge in [-0.25, -0.2) is 4.98 Å². The number of nitrogens with two attached hydrogens (primary N) is 1. The van der Waals surface area contributed by atoms with Crippen molar-refractivity contribution in [1.29, 1.82) is 0 Å².